The number of nitrogens with zero attached hydrogens (tertiary/aromatic N) is 1. The van der Waals surface area contributed by atoms with Crippen molar-refractivity contribution in [2.75, 3.05) is 13.1 Å². The van der Waals surface area contributed by atoms with E-state index in [4.69, 9.17) is 11.6 Å². The molecule has 0 aromatic carbocycles. The van der Waals surface area contributed by atoms with E-state index in [1.165, 1.54) is 11.8 Å². The normalized spacial score (nSPS) is 25.6. The molecular formula is C28H37ClN4O3S. The summed E-state index contributed by atoms with van der Waals surface area (Å²) in [7, 11) is 0. The fourth-order valence-corrected chi connectivity index (χ4v) is 6.18. The Hall–Kier alpha value is -2.45. The summed E-state index contributed by atoms with van der Waals surface area (Å²) in [6, 6.07) is 0.175. The van der Waals surface area contributed by atoms with Crippen molar-refractivity contribution in [2.45, 2.75) is 75.6 Å². The van der Waals surface area contributed by atoms with Gasteiger partial charge in [0.2, 0.25) is 11.8 Å². The molecule has 2 aliphatic carbocycles. The first kappa shape index (κ1) is 27.6. The zero-order chi connectivity index (χ0) is 26.6. The minimum atomic E-state index is -1.11. The molecule has 0 bridgehead atoms. The van der Waals surface area contributed by atoms with Gasteiger partial charge >= 0.3 is 0 Å². The number of carbonyl (C=O) groups excluding carboxylic acids is 3. The first-order valence-electron chi connectivity index (χ1n) is 13.1. The van der Waals surface area contributed by atoms with Gasteiger partial charge in [0, 0.05) is 36.1 Å². The molecule has 0 saturated carbocycles. The number of likely N-dealkylation sites (tertiary alicyclic amines) is 1. The van der Waals surface area contributed by atoms with Crippen molar-refractivity contribution in [1.29, 1.82) is 0 Å². The van der Waals surface area contributed by atoms with Crippen LogP contribution < -0.4 is 16.0 Å². The molecule has 3 amide bonds. The Morgan fingerprint density at radius 3 is 2.68 bits per heavy atom. The molecule has 2 heterocycles. The zero-order valence-corrected chi connectivity index (χ0v) is 23.4. The summed E-state index contributed by atoms with van der Waals surface area (Å²) < 4.78 is -0.145. The van der Waals surface area contributed by atoms with Gasteiger partial charge in [0.25, 0.3) is 5.91 Å². The first-order valence-corrected chi connectivity index (χ1v) is 14.4. The summed E-state index contributed by atoms with van der Waals surface area (Å²) in [5, 5.41) is 9.26. The fourth-order valence-electron chi connectivity index (χ4n) is 4.98. The molecule has 7 nitrogen and oxygen atoms in total. The Labute approximate surface area is 228 Å². The highest BCUT2D eigenvalue weighted by Crippen LogP contribution is 2.35. The van der Waals surface area contributed by atoms with Crippen molar-refractivity contribution in [1.82, 2.24) is 20.9 Å². The van der Waals surface area contributed by atoms with Gasteiger partial charge in [0.05, 0.1) is 9.61 Å². The van der Waals surface area contributed by atoms with E-state index in [1.54, 1.807) is 19.9 Å². The highest BCUT2D eigenvalue weighted by Gasteiger charge is 2.35. The average molecular weight is 545 g/mol. The lowest BCUT2D eigenvalue weighted by atomic mass is 9.89. The smallest absolute Gasteiger partial charge is 0.258 e. The number of carbonyl (C=O) groups is 3. The lowest BCUT2D eigenvalue weighted by Crippen LogP contribution is -2.54. The SMILES string of the molecule is CC1CC(NC(=O)C(C)(C)NC(=O)C2=CCC(Cl)S2)=CC=C1C(=O)N1CCCC1CNC1=CCCC=C1. The molecule has 1 fully saturated rings. The van der Waals surface area contributed by atoms with E-state index in [9.17, 15) is 14.4 Å². The number of thioether (sulfide) groups is 1. The number of amides is 3. The summed E-state index contributed by atoms with van der Waals surface area (Å²) in [5.41, 5.74) is 1.54. The topological polar surface area (TPSA) is 90.5 Å². The van der Waals surface area contributed by atoms with Crippen LogP contribution >= 0.6 is 23.4 Å². The van der Waals surface area contributed by atoms with Crippen molar-refractivity contribution in [3.8, 4) is 0 Å². The maximum atomic E-state index is 13.5. The lowest BCUT2D eigenvalue weighted by molar-refractivity contribution is -0.130. The van der Waals surface area contributed by atoms with Crippen LogP contribution in [0.3, 0.4) is 0 Å². The fraction of sp³-hybridized carbons (Fsp3) is 0.536. The van der Waals surface area contributed by atoms with E-state index in [0.29, 0.717) is 17.7 Å². The van der Waals surface area contributed by atoms with Gasteiger partial charge in [0.1, 0.15) is 5.54 Å². The molecule has 3 unspecified atom stereocenters. The molecule has 4 rings (SSSR count). The molecule has 0 aromatic heterocycles. The van der Waals surface area contributed by atoms with Crippen LogP contribution in [-0.2, 0) is 14.4 Å². The second kappa shape index (κ2) is 11.9. The Bertz CT molecular complexity index is 1090. The molecule has 3 N–H and O–H groups in total. The summed E-state index contributed by atoms with van der Waals surface area (Å²) >= 11 is 7.37. The van der Waals surface area contributed by atoms with Gasteiger partial charge in [-0.05, 0) is 70.4 Å². The second-order valence-corrected chi connectivity index (χ2v) is 12.6. The van der Waals surface area contributed by atoms with E-state index < -0.39 is 5.54 Å². The molecule has 3 atom stereocenters. The lowest BCUT2D eigenvalue weighted by Gasteiger charge is -2.31. The molecule has 4 aliphatic rings. The molecule has 0 aromatic rings. The number of allylic oxidation sites excluding steroid dienone is 7. The molecule has 2 aliphatic heterocycles. The zero-order valence-electron chi connectivity index (χ0n) is 21.8. The highest BCUT2D eigenvalue weighted by atomic mass is 35.5. The predicted octanol–water partition coefficient (Wildman–Crippen LogP) is 4.25. The Morgan fingerprint density at radius 2 is 2.00 bits per heavy atom. The van der Waals surface area contributed by atoms with Gasteiger partial charge in [-0.3, -0.25) is 14.4 Å². The summed E-state index contributed by atoms with van der Waals surface area (Å²) in [6.07, 6.45) is 17.3. The standard InChI is InChI=1S/C28H37ClN4O3S/c1-18-16-20(31-27(36)28(2,3)32-25(34)23-13-14-24(29)37-23)11-12-22(18)26(35)33-15-7-10-21(33)17-30-19-8-5-4-6-9-19/h5,8-9,11-13,18,21,24,30H,4,6-7,10,14-17H2,1-3H3,(H,31,36)(H,32,34). The van der Waals surface area contributed by atoms with Crippen LogP contribution in [0.4, 0.5) is 0 Å². The van der Waals surface area contributed by atoms with Crippen molar-refractivity contribution < 1.29 is 14.4 Å². The van der Waals surface area contributed by atoms with E-state index >= 15 is 0 Å². The minimum absolute atomic E-state index is 0.0237. The summed E-state index contributed by atoms with van der Waals surface area (Å²) in [4.78, 5) is 41.5. The molecular weight excluding hydrogens is 508 g/mol. The molecule has 1 saturated heterocycles. The number of halogens is 1. The number of hydrogen-bond acceptors (Lipinski definition) is 5. The third-order valence-electron chi connectivity index (χ3n) is 7.18. The van der Waals surface area contributed by atoms with Crippen LogP contribution in [0.25, 0.3) is 0 Å². The van der Waals surface area contributed by atoms with Gasteiger partial charge in [-0.2, -0.15) is 0 Å². The van der Waals surface area contributed by atoms with E-state index in [-0.39, 0.29) is 34.4 Å². The summed E-state index contributed by atoms with van der Waals surface area (Å²) in [5.74, 6) is -0.536. The van der Waals surface area contributed by atoms with Crippen LogP contribution in [-0.4, -0.2) is 52.0 Å². The summed E-state index contributed by atoms with van der Waals surface area (Å²) in [6.45, 7) is 6.89. The molecule has 9 heteroatoms. The van der Waals surface area contributed by atoms with Gasteiger partial charge in [0.15, 0.2) is 0 Å². The van der Waals surface area contributed by atoms with E-state index in [2.05, 4.69) is 34.2 Å². The minimum Gasteiger partial charge on any atom is -0.383 e. The largest absolute Gasteiger partial charge is 0.383 e. The van der Waals surface area contributed by atoms with Gasteiger partial charge in [-0.15, -0.1) is 23.4 Å². The Kier molecular flexibility index (Phi) is 8.90. The van der Waals surface area contributed by atoms with Crippen LogP contribution in [0.5, 0.6) is 0 Å². The van der Waals surface area contributed by atoms with E-state index in [1.807, 2.05) is 24.0 Å². The van der Waals surface area contributed by atoms with Crippen LogP contribution in [0.15, 0.2) is 58.3 Å². The number of hydrogen-bond donors (Lipinski definition) is 3. The molecule has 0 spiro atoms. The monoisotopic (exact) mass is 544 g/mol. The maximum Gasteiger partial charge on any atom is 0.258 e. The van der Waals surface area contributed by atoms with Gasteiger partial charge in [-0.1, -0.05) is 31.2 Å². The molecule has 37 heavy (non-hydrogen) atoms. The van der Waals surface area contributed by atoms with Gasteiger partial charge < -0.3 is 20.9 Å². The number of rotatable bonds is 8. The number of nitrogens with one attached hydrogen (secondary N) is 3. The molecule has 0 radical (unpaired) electrons. The van der Waals surface area contributed by atoms with Gasteiger partial charge in [-0.25, -0.2) is 0 Å². The van der Waals surface area contributed by atoms with Crippen molar-refractivity contribution >= 4 is 41.1 Å². The predicted molar refractivity (Wildman–Crippen MR) is 149 cm³/mol. The quantitative estimate of drug-likeness (QED) is 0.397. The third-order valence-corrected chi connectivity index (χ3v) is 8.68. The highest BCUT2D eigenvalue weighted by molar-refractivity contribution is 8.05. The Balaban J connectivity index is 1.34. The third kappa shape index (κ3) is 6.90. The van der Waals surface area contributed by atoms with E-state index in [0.717, 1.165) is 55.7 Å². The van der Waals surface area contributed by atoms with Crippen LogP contribution in [0.1, 0.15) is 59.3 Å². The second-order valence-electron chi connectivity index (χ2n) is 10.6. The van der Waals surface area contributed by atoms with Crippen molar-refractivity contribution in [3.05, 3.63) is 58.3 Å². The maximum absolute atomic E-state index is 13.5. The molecule has 200 valence electrons. The van der Waals surface area contributed by atoms with Crippen LogP contribution in [0, 0.1) is 5.92 Å². The van der Waals surface area contributed by atoms with Crippen molar-refractivity contribution in [2.24, 2.45) is 5.92 Å². The van der Waals surface area contributed by atoms with Crippen molar-refractivity contribution in [3.63, 3.8) is 0 Å². The Morgan fingerprint density at radius 1 is 1.19 bits per heavy atom. The first-order chi connectivity index (χ1) is 17.6. The average Bonchev–Trinajstić information content (AvgIpc) is 3.52. The number of alkyl halides is 1. The van der Waals surface area contributed by atoms with Crippen LogP contribution in [0.2, 0.25) is 0 Å².